The molecule has 8 nitrogen and oxygen atoms in total. The molecule has 1 atom stereocenters. The lowest BCUT2D eigenvalue weighted by molar-refractivity contribution is -0.115. The molecular formula is C34H29ClFN3O5S. The van der Waals surface area contributed by atoms with Gasteiger partial charge in [-0.3, -0.25) is 14.4 Å². The summed E-state index contributed by atoms with van der Waals surface area (Å²) in [6.07, 6.45) is 1.18. The van der Waals surface area contributed by atoms with Crippen LogP contribution < -0.4 is 16.0 Å². The number of halogens is 2. The maximum Gasteiger partial charge on any atom is 0.338 e. The minimum atomic E-state index is -0.694. The normalized spacial score (nSPS) is 11.7. The van der Waals surface area contributed by atoms with Crippen molar-refractivity contribution >= 4 is 64.5 Å². The fourth-order valence-corrected chi connectivity index (χ4v) is 5.04. The molecule has 0 aliphatic carbocycles. The number of rotatable bonds is 11. The topological polar surface area (TPSA) is 114 Å². The summed E-state index contributed by atoms with van der Waals surface area (Å²) < 4.78 is 19.5. The Morgan fingerprint density at radius 3 is 2.13 bits per heavy atom. The summed E-state index contributed by atoms with van der Waals surface area (Å²) in [7, 11) is 0. The van der Waals surface area contributed by atoms with Crippen molar-refractivity contribution in [1.29, 1.82) is 0 Å². The molecule has 0 aliphatic heterocycles. The molecule has 0 heterocycles. The highest BCUT2D eigenvalue weighted by Crippen LogP contribution is 2.27. The van der Waals surface area contributed by atoms with Gasteiger partial charge in [0.05, 0.1) is 22.4 Å². The van der Waals surface area contributed by atoms with Crippen LogP contribution in [0.2, 0.25) is 5.02 Å². The molecule has 0 saturated heterocycles. The summed E-state index contributed by atoms with van der Waals surface area (Å²) in [6, 6.07) is 25.6. The highest BCUT2D eigenvalue weighted by atomic mass is 35.5. The van der Waals surface area contributed by atoms with Crippen LogP contribution in [0.1, 0.15) is 40.1 Å². The number of benzene rings is 4. The predicted octanol–water partition coefficient (Wildman–Crippen LogP) is 7.18. The molecule has 0 spiro atoms. The third-order valence-corrected chi connectivity index (χ3v) is 7.72. The van der Waals surface area contributed by atoms with Crippen molar-refractivity contribution < 1.29 is 28.3 Å². The van der Waals surface area contributed by atoms with Gasteiger partial charge in [-0.05, 0) is 92.7 Å². The van der Waals surface area contributed by atoms with Gasteiger partial charge in [-0.15, -0.1) is 11.8 Å². The van der Waals surface area contributed by atoms with Gasteiger partial charge in [-0.25, -0.2) is 9.18 Å². The van der Waals surface area contributed by atoms with Gasteiger partial charge >= 0.3 is 5.97 Å². The zero-order valence-electron chi connectivity index (χ0n) is 24.3. The van der Waals surface area contributed by atoms with E-state index < -0.39 is 28.9 Å². The smallest absolute Gasteiger partial charge is 0.338 e. The summed E-state index contributed by atoms with van der Waals surface area (Å²) in [5.41, 5.74) is 1.38. The van der Waals surface area contributed by atoms with Gasteiger partial charge in [0.15, 0.2) is 0 Å². The molecule has 45 heavy (non-hydrogen) atoms. The van der Waals surface area contributed by atoms with Crippen molar-refractivity contribution in [2.75, 3.05) is 17.2 Å². The van der Waals surface area contributed by atoms with Crippen LogP contribution in [0.5, 0.6) is 0 Å². The number of ether oxygens (including phenoxy) is 1. The molecule has 0 radical (unpaired) electrons. The first kappa shape index (κ1) is 33.0. The highest BCUT2D eigenvalue weighted by Gasteiger charge is 2.18. The van der Waals surface area contributed by atoms with E-state index in [1.165, 1.54) is 36.0 Å². The molecule has 0 fully saturated rings. The average Bonchev–Trinajstić information content (AvgIpc) is 3.04. The number of nitrogens with one attached hydrogen (secondary N) is 3. The molecule has 4 aromatic rings. The van der Waals surface area contributed by atoms with E-state index in [4.69, 9.17) is 16.3 Å². The van der Waals surface area contributed by atoms with E-state index in [1.54, 1.807) is 92.7 Å². The molecule has 11 heteroatoms. The number of hydrogen-bond donors (Lipinski definition) is 3. The number of anilines is 2. The standard InChI is InChI=1S/C34H29ClFN3O5S/c1-3-44-34(43)23-12-14-24(15-13-23)37-31(40)21(2)45-26-18-16-25(17-19-26)38-33(42)30(20-27-28(35)10-7-11-29(27)36)39-32(41)22-8-5-4-6-9-22/h4-21H,3H2,1-2H3,(H,37,40)(H,38,42)(H,39,41)/b30-20-. The largest absolute Gasteiger partial charge is 0.462 e. The molecule has 0 aliphatic rings. The predicted molar refractivity (Wildman–Crippen MR) is 175 cm³/mol. The Hall–Kier alpha value is -4.93. The molecule has 1 unspecified atom stereocenters. The molecule has 4 rings (SSSR count). The lowest BCUT2D eigenvalue weighted by atomic mass is 10.1. The van der Waals surface area contributed by atoms with E-state index in [1.807, 2.05) is 0 Å². The lowest BCUT2D eigenvalue weighted by Gasteiger charge is -2.14. The Kier molecular flexibility index (Phi) is 11.5. The Bertz CT molecular complexity index is 1690. The summed E-state index contributed by atoms with van der Waals surface area (Å²) in [5.74, 6) is -2.58. The number of esters is 1. The quantitative estimate of drug-likeness (QED) is 0.0904. The molecule has 4 aromatic carbocycles. The lowest BCUT2D eigenvalue weighted by Crippen LogP contribution is -2.30. The zero-order valence-corrected chi connectivity index (χ0v) is 25.9. The van der Waals surface area contributed by atoms with E-state index in [-0.39, 0.29) is 28.8 Å². The summed E-state index contributed by atoms with van der Waals surface area (Å²) in [5, 5.41) is 7.68. The Morgan fingerprint density at radius 1 is 0.844 bits per heavy atom. The molecule has 0 aromatic heterocycles. The second-order valence-corrected chi connectivity index (χ2v) is 11.4. The molecular weight excluding hydrogens is 617 g/mol. The number of amides is 3. The second kappa shape index (κ2) is 15.7. The molecule has 0 saturated carbocycles. The van der Waals surface area contributed by atoms with Crippen LogP contribution in [-0.4, -0.2) is 35.5 Å². The number of carbonyl (C=O) groups excluding carboxylic acids is 4. The van der Waals surface area contributed by atoms with Crippen molar-refractivity contribution in [2.45, 2.75) is 24.0 Å². The zero-order chi connectivity index (χ0) is 32.3. The van der Waals surface area contributed by atoms with Gasteiger partial charge in [0.1, 0.15) is 11.5 Å². The summed E-state index contributed by atoms with van der Waals surface area (Å²) >= 11 is 7.48. The minimum absolute atomic E-state index is 0.0494. The van der Waals surface area contributed by atoms with Crippen LogP contribution in [0.15, 0.2) is 108 Å². The Balaban J connectivity index is 1.41. The average molecular weight is 646 g/mol. The second-order valence-electron chi connectivity index (χ2n) is 9.54. The van der Waals surface area contributed by atoms with Crippen molar-refractivity contribution in [3.63, 3.8) is 0 Å². The number of thioether (sulfide) groups is 1. The van der Waals surface area contributed by atoms with Gasteiger partial charge in [0, 0.05) is 27.4 Å². The highest BCUT2D eigenvalue weighted by molar-refractivity contribution is 8.00. The first-order valence-corrected chi connectivity index (χ1v) is 15.1. The minimum Gasteiger partial charge on any atom is -0.462 e. The van der Waals surface area contributed by atoms with Crippen molar-refractivity contribution in [1.82, 2.24) is 5.32 Å². The van der Waals surface area contributed by atoms with E-state index in [0.29, 0.717) is 22.5 Å². The van der Waals surface area contributed by atoms with Gasteiger partial charge in [0.2, 0.25) is 5.91 Å². The van der Waals surface area contributed by atoms with Gasteiger partial charge < -0.3 is 20.7 Å². The summed E-state index contributed by atoms with van der Waals surface area (Å²) in [6.45, 7) is 3.75. The maximum absolute atomic E-state index is 14.5. The SMILES string of the molecule is CCOC(=O)c1ccc(NC(=O)C(C)Sc2ccc(NC(=O)/C(=C/c3c(F)cccc3Cl)NC(=O)c3ccccc3)cc2)cc1. The van der Waals surface area contributed by atoms with Crippen molar-refractivity contribution in [2.24, 2.45) is 0 Å². The summed E-state index contributed by atoms with van der Waals surface area (Å²) in [4.78, 5) is 51.5. The third-order valence-electron chi connectivity index (χ3n) is 6.28. The van der Waals surface area contributed by atoms with E-state index in [9.17, 15) is 23.6 Å². The molecule has 3 amide bonds. The molecule has 3 N–H and O–H groups in total. The number of carbonyl (C=O) groups is 4. The van der Waals surface area contributed by atoms with Gasteiger partial charge in [0.25, 0.3) is 11.8 Å². The molecule has 230 valence electrons. The van der Waals surface area contributed by atoms with Crippen molar-refractivity contribution in [3.05, 3.63) is 130 Å². The van der Waals surface area contributed by atoms with Gasteiger partial charge in [-0.1, -0.05) is 35.9 Å². The first-order chi connectivity index (χ1) is 21.6. The maximum atomic E-state index is 14.5. The van der Waals surface area contributed by atoms with Crippen LogP contribution in [0.3, 0.4) is 0 Å². The number of hydrogen-bond acceptors (Lipinski definition) is 6. The van der Waals surface area contributed by atoms with Crippen LogP contribution in [0.4, 0.5) is 15.8 Å². The van der Waals surface area contributed by atoms with E-state index >= 15 is 0 Å². The van der Waals surface area contributed by atoms with Crippen LogP contribution >= 0.6 is 23.4 Å². The fraction of sp³-hybridized carbons (Fsp3) is 0.118. The third kappa shape index (κ3) is 9.28. The Morgan fingerprint density at radius 2 is 1.49 bits per heavy atom. The Labute approximate surface area is 269 Å². The fourth-order valence-electron chi connectivity index (χ4n) is 3.96. The van der Waals surface area contributed by atoms with Crippen LogP contribution in [-0.2, 0) is 14.3 Å². The van der Waals surface area contributed by atoms with Crippen LogP contribution in [0, 0.1) is 5.82 Å². The van der Waals surface area contributed by atoms with Crippen LogP contribution in [0.25, 0.3) is 6.08 Å². The van der Waals surface area contributed by atoms with E-state index in [0.717, 1.165) is 4.90 Å². The molecule has 0 bridgehead atoms. The van der Waals surface area contributed by atoms with E-state index in [2.05, 4.69) is 16.0 Å². The first-order valence-electron chi connectivity index (χ1n) is 13.8. The monoisotopic (exact) mass is 645 g/mol. The van der Waals surface area contributed by atoms with Gasteiger partial charge in [-0.2, -0.15) is 0 Å². The van der Waals surface area contributed by atoms with Crippen molar-refractivity contribution in [3.8, 4) is 0 Å².